The molecule has 19 heavy (non-hydrogen) atoms. The first kappa shape index (κ1) is 16.2. The maximum absolute atomic E-state index is 12.6. The quantitative estimate of drug-likeness (QED) is 0.821. The van der Waals surface area contributed by atoms with Crippen LogP contribution in [0.25, 0.3) is 0 Å². The van der Waals surface area contributed by atoms with Crippen LogP contribution in [-0.2, 0) is 16.6 Å². The molecule has 0 fully saturated rings. The minimum absolute atomic E-state index is 0.0104. The number of sulfonamides is 1. The number of hydrogen-bond acceptors (Lipinski definition) is 3. The van der Waals surface area contributed by atoms with Gasteiger partial charge >= 0.3 is 0 Å². The fourth-order valence-corrected chi connectivity index (χ4v) is 3.82. The van der Waals surface area contributed by atoms with Gasteiger partial charge in [0.15, 0.2) is 0 Å². The Morgan fingerprint density at radius 2 is 2.11 bits per heavy atom. The number of aliphatic hydroxyl groups is 1. The van der Waals surface area contributed by atoms with E-state index in [0.717, 1.165) is 0 Å². The van der Waals surface area contributed by atoms with Crippen LogP contribution in [0.1, 0.15) is 19.4 Å². The van der Waals surface area contributed by atoms with Gasteiger partial charge in [-0.15, -0.1) is 6.58 Å². The van der Waals surface area contributed by atoms with Gasteiger partial charge in [-0.2, -0.15) is 4.31 Å². The highest BCUT2D eigenvalue weighted by atomic mass is 35.5. The Bertz CT molecular complexity index is 555. The molecule has 1 aromatic rings. The van der Waals surface area contributed by atoms with Crippen LogP contribution in [0.4, 0.5) is 0 Å². The number of rotatable bonds is 6. The third-order valence-corrected chi connectivity index (χ3v) is 5.17. The Balaban J connectivity index is 3.36. The highest BCUT2D eigenvalue weighted by molar-refractivity contribution is 7.89. The molecule has 0 unspecified atom stereocenters. The van der Waals surface area contributed by atoms with Crippen LogP contribution in [0.5, 0.6) is 0 Å². The van der Waals surface area contributed by atoms with Gasteiger partial charge in [-0.3, -0.25) is 0 Å². The molecule has 0 atom stereocenters. The maximum Gasteiger partial charge on any atom is 0.245 e. The summed E-state index contributed by atoms with van der Waals surface area (Å²) >= 11 is 5.97. The molecule has 106 valence electrons. The standard InChI is InChI=1S/C13H18ClNO3S/c1-4-7-15(10(2)3)19(17,18)13-8-11(9-16)5-6-12(13)14/h4-6,8,10,16H,1,7,9H2,2-3H3. The molecule has 0 amide bonds. The SMILES string of the molecule is C=CCN(C(C)C)S(=O)(=O)c1cc(CO)ccc1Cl. The molecule has 0 aliphatic rings. The summed E-state index contributed by atoms with van der Waals surface area (Å²) in [6.07, 6.45) is 1.53. The Labute approximate surface area is 119 Å². The second-order valence-electron chi connectivity index (χ2n) is 4.38. The number of benzene rings is 1. The Morgan fingerprint density at radius 1 is 1.47 bits per heavy atom. The molecule has 0 aliphatic carbocycles. The van der Waals surface area contributed by atoms with Crippen molar-refractivity contribution in [2.24, 2.45) is 0 Å². The summed E-state index contributed by atoms with van der Waals surface area (Å²) in [6.45, 7) is 7.11. The van der Waals surface area contributed by atoms with Crippen molar-refractivity contribution in [3.8, 4) is 0 Å². The normalized spacial score (nSPS) is 12.1. The van der Waals surface area contributed by atoms with E-state index in [0.29, 0.717) is 5.56 Å². The minimum atomic E-state index is -3.71. The summed E-state index contributed by atoms with van der Waals surface area (Å²) in [4.78, 5) is 0.0104. The van der Waals surface area contributed by atoms with Gasteiger partial charge < -0.3 is 5.11 Å². The predicted molar refractivity (Wildman–Crippen MR) is 76.6 cm³/mol. The zero-order chi connectivity index (χ0) is 14.6. The highest BCUT2D eigenvalue weighted by Gasteiger charge is 2.28. The minimum Gasteiger partial charge on any atom is -0.392 e. The second kappa shape index (κ2) is 6.52. The van der Waals surface area contributed by atoms with Gasteiger partial charge in [0.1, 0.15) is 4.90 Å². The lowest BCUT2D eigenvalue weighted by Crippen LogP contribution is -2.37. The van der Waals surface area contributed by atoms with E-state index in [2.05, 4.69) is 6.58 Å². The predicted octanol–water partition coefficient (Wildman–Crippen LogP) is 2.42. The average molecular weight is 304 g/mol. The van der Waals surface area contributed by atoms with Gasteiger partial charge in [0, 0.05) is 12.6 Å². The van der Waals surface area contributed by atoms with Gasteiger partial charge in [-0.05, 0) is 31.5 Å². The fraction of sp³-hybridized carbons (Fsp3) is 0.385. The first-order chi connectivity index (χ1) is 8.84. The lowest BCUT2D eigenvalue weighted by Gasteiger charge is -2.25. The molecule has 4 nitrogen and oxygen atoms in total. The lowest BCUT2D eigenvalue weighted by atomic mass is 10.2. The van der Waals surface area contributed by atoms with Crippen LogP contribution in [0.2, 0.25) is 5.02 Å². The van der Waals surface area contributed by atoms with Gasteiger partial charge in [0.25, 0.3) is 0 Å². The summed E-state index contributed by atoms with van der Waals surface area (Å²) in [5.74, 6) is 0. The van der Waals surface area contributed by atoms with E-state index in [1.165, 1.54) is 22.5 Å². The molecular formula is C13H18ClNO3S. The summed E-state index contributed by atoms with van der Waals surface area (Å²) in [6, 6.07) is 4.26. The van der Waals surface area contributed by atoms with Gasteiger partial charge in [-0.25, -0.2) is 8.42 Å². The topological polar surface area (TPSA) is 57.6 Å². The van der Waals surface area contributed by atoms with Crippen molar-refractivity contribution in [3.05, 3.63) is 41.4 Å². The second-order valence-corrected chi connectivity index (χ2v) is 6.65. The van der Waals surface area contributed by atoms with Crippen LogP contribution < -0.4 is 0 Å². The van der Waals surface area contributed by atoms with Crippen molar-refractivity contribution < 1.29 is 13.5 Å². The van der Waals surface area contributed by atoms with Crippen LogP contribution in [-0.4, -0.2) is 30.4 Å². The third kappa shape index (κ3) is 3.57. The summed E-state index contributed by atoms with van der Waals surface area (Å²) in [7, 11) is -3.71. The highest BCUT2D eigenvalue weighted by Crippen LogP contribution is 2.27. The molecule has 0 bridgehead atoms. The van der Waals surface area contributed by atoms with E-state index in [1.54, 1.807) is 19.9 Å². The zero-order valence-electron chi connectivity index (χ0n) is 11.0. The van der Waals surface area contributed by atoms with Gasteiger partial charge in [-0.1, -0.05) is 23.7 Å². The number of hydrogen-bond donors (Lipinski definition) is 1. The zero-order valence-corrected chi connectivity index (χ0v) is 12.6. The molecule has 0 saturated carbocycles. The van der Waals surface area contributed by atoms with Crippen molar-refractivity contribution in [1.82, 2.24) is 4.31 Å². The smallest absolute Gasteiger partial charge is 0.245 e. The molecule has 1 N–H and O–H groups in total. The molecule has 0 aromatic heterocycles. The molecule has 0 heterocycles. The van der Waals surface area contributed by atoms with Crippen LogP contribution in [0, 0.1) is 0 Å². The van der Waals surface area contributed by atoms with Gasteiger partial charge in [0.2, 0.25) is 10.0 Å². The van der Waals surface area contributed by atoms with Crippen molar-refractivity contribution in [2.45, 2.75) is 31.4 Å². The largest absolute Gasteiger partial charge is 0.392 e. The Morgan fingerprint density at radius 3 is 2.58 bits per heavy atom. The Kier molecular flexibility index (Phi) is 5.55. The third-order valence-electron chi connectivity index (χ3n) is 2.65. The van der Waals surface area contributed by atoms with E-state index in [9.17, 15) is 8.42 Å². The fourth-order valence-electron chi connectivity index (χ4n) is 1.68. The van der Waals surface area contributed by atoms with Crippen LogP contribution in [0.15, 0.2) is 35.7 Å². The van der Waals surface area contributed by atoms with Gasteiger partial charge in [0.05, 0.1) is 11.6 Å². The molecule has 1 aromatic carbocycles. The van der Waals surface area contributed by atoms with Crippen molar-refractivity contribution in [3.63, 3.8) is 0 Å². The van der Waals surface area contributed by atoms with Crippen molar-refractivity contribution in [1.29, 1.82) is 0 Å². The first-order valence-electron chi connectivity index (χ1n) is 5.86. The molecule has 0 aliphatic heterocycles. The molecule has 1 rings (SSSR count). The number of aliphatic hydroxyl groups excluding tert-OH is 1. The molecule has 0 saturated heterocycles. The number of nitrogens with zero attached hydrogens (tertiary/aromatic N) is 1. The summed E-state index contributed by atoms with van der Waals surface area (Å²) < 4.78 is 26.4. The number of halogens is 1. The average Bonchev–Trinajstić information content (AvgIpc) is 2.35. The summed E-state index contributed by atoms with van der Waals surface area (Å²) in [5, 5.41) is 9.25. The van der Waals surface area contributed by atoms with Crippen LogP contribution in [0.3, 0.4) is 0 Å². The van der Waals surface area contributed by atoms with E-state index < -0.39 is 10.0 Å². The molecule has 6 heteroatoms. The van der Waals surface area contributed by atoms with Crippen molar-refractivity contribution >= 4 is 21.6 Å². The maximum atomic E-state index is 12.6. The lowest BCUT2D eigenvalue weighted by molar-refractivity contribution is 0.281. The van der Waals surface area contributed by atoms with Crippen molar-refractivity contribution in [2.75, 3.05) is 6.54 Å². The van der Waals surface area contributed by atoms with Crippen LogP contribution >= 0.6 is 11.6 Å². The van der Waals surface area contributed by atoms with E-state index >= 15 is 0 Å². The first-order valence-corrected chi connectivity index (χ1v) is 7.68. The molecule has 0 spiro atoms. The van der Waals surface area contributed by atoms with E-state index in [1.807, 2.05) is 0 Å². The molecular weight excluding hydrogens is 286 g/mol. The van der Waals surface area contributed by atoms with E-state index in [-0.39, 0.29) is 29.1 Å². The van der Waals surface area contributed by atoms with E-state index in [4.69, 9.17) is 16.7 Å². The summed E-state index contributed by atoms with van der Waals surface area (Å²) in [5.41, 5.74) is 0.505. The molecule has 0 radical (unpaired) electrons. The Hall–Kier alpha value is -0.880. The monoisotopic (exact) mass is 303 g/mol.